The second-order valence-corrected chi connectivity index (χ2v) is 23.5. The maximum absolute atomic E-state index is 11.1. The van der Waals surface area contributed by atoms with E-state index in [1.165, 1.54) is 0 Å². The average molecular weight is 1340 g/mol. The van der Waals surface area contributed by atoms with E-state index in [4.69, 9.17) is 90.0 Å². The van der Waals surface area contributed by atoms with Gasteiger partial charge in [0.05, 0.1) is 66.1 Å². The van der Waals surface area contributed by atoms with Crippen LogP contribution in [-0.2, 0) is 90.0 Å². The van der Waals surface area contributed by atoms with E-state index in [1.807, 2.05) is 0 Å². The molecule has 0 aromatic heterocycles. The van der Waals surface area contributed by atoms with Gasteiger partial charge in [0.15, 0.2) is 62.9 Å². The molecule has 0 saturated carbocycles. The van der Waals surface area contributed by atoms with Gasteiger partial charge in [0.1, 0.15) is 183 Å². The third kappa shape index (κ3) is 15.8. The molecule has 0 radical (unpaired) electrons. The molecule has 0 spiro atoms. The molecule has 41 nitrogen and oxygen atoms in total. The Labute approximate surface area is 513 Å². The van der Waals surface area contributed by atoms with Gasteiger partial charge in [-0.1, -0.05) is 0 Å². The van der Waals surface area contributed by atoms with E-state index in [2.05, 4.69) is 0 Å². The Balaban J connectivity index is 0.611. The Morgan fingerprint density at radius 2 is 0.297 bits per heavy atom. The molecule has 40 atom stereocenters. The smallest absolute Gasteiger partial charge is 0.186 e. The summed E-state index contributed by atoms with van der Waals surface area (Å²) in [5, 5.41) is 234. The number of hydrogen-bond acceptors (Lipinski definition) is 41. The van der Waals surface area contributed by atoms with Gasteiger partial charge in [0, 0.05) is 0 Å². The highest BCUT2D eigenvalue weighted by Gasteiger charge is 2.55. The fourth-order valence-corrected chi connectivity index (χ4v) is 11.4. The van der Waals surface area contributed by atoms with Crippen LogP contribution in [0.3, 0.4) is 0 Å². The molecule has 22 N–H and O–H groups in total. The third-order valence-electron chi connectivity index (χ3n) is 17.2. The first-order chi connectivity index (χ1) is 43.2. The highest BCUT2D eigenvalue weighted by atomic mass is 16.8. The van der Waals surface area contributed by atoms with Crippen molar-refractivity contribution in [3.8, 4) is 0 Å². The average Bonchev–Trinajstić information content (AvgIpc) is 0.957. The lowest BCUT2D eigenvalue weighted by Crippen LogP contribution is -2.63. The SMILES string of the molecule is O[C@@H]1[C@@H](O)[C@H](O[C@@H]2CO[C@@H](O[C@@H]3CO[C@@H](O[C@@H]4CO[C@@H](O[C@@H]5CO[C@@H](O[C@@H]6CO[C@@H](O[C@@H]7CO[C@@H](O[C@@H]8CO[C@@H](O[C@@H]9CO[C@@H](O[C@@H]%10CO[C@@H](O)[C@H](O)[C@H]%10O)[C@H](O)[C@H]9O)[C@H](O)[C@H]8O)[C@H](O)[C@H]7O)[C@H](O)[C@H]6O)[C@H](O)[C@H]5O)[C@H](O)[C@H]4O)[C@H](O)[C@H]3O)[C@H](O)[C@H]2O)OC[C@H]1O. The standard InChI is InChI=1S/C50H82O41/c51-11-1-74-42(32(63)21(11)52)84-13-3-76-44(34(65)23(13)54)86-15-5-78-46(36(67)25(15)56)88-17-7-80-48(38(69)27(17)58)90-19-9-82-50(40(71)29(19)60)91-20-10-81-49(39(70)30(20)61)89-18-8-79-47(37(68)28(18)59)87-16-6-77-45(35(66)26(16)57)85-14-4-75-43(33(64)24(14)55)83-12-2-73-41(72)31(62)22(12)53/h11-72H,1-10H2/t11-,12-,13-,14-,15-,16-,17-,18-,19-,20-,21+,22+,23+,24+,25+,26+,27+,28+,29+,30+,31-,32-,33-,34-,35-,36-,37-,38-,39-,40-,41-,42+,43+,44+,45+,46+,47+,48+,49+,50+/m1/s1. The minimum Gasteiger partial charge on any atom is -0.388 e. The Morgan fingerprint density at radius 3 is 0.484 bits per heavy atom. The molecule has 0 unspecified atom stereocenters. The number of rotatable bonds is 18. The van der Waals surface area contributed by atoms with Crippen molar-refractivity contribution >= 4 is 0 Å². The summed E-state index contributed by atoms with van der Waals surface area (Å²) in [5.41, 5.74) is 0. The molecule has 10 saturated heterocycles. The van der Waals surface area contributed by atoms with Crippen molar-refractivity contribution in [1.29, 1.82) is 0 Å². The number of hydrogen-bond donors (Lipinski definition) is 22. The van der Waals surface area contributed by atoms with Gasteiger partial charge >= 0.3 is 0 Å². The van der Waals surface area contributed by atoms with E-state index in [0.29, 0.717) is 0 Å². The molecule has 10 aliphatic rings. The van der Waals surface area contributed by atoms with Crippen LogP contribution in [-0.4, -0.2) is 424 Å². The van der Waals surface area contributed by atoms with Crippen LogP contribution in [0.1, 0.15) is 0 Å². The third-order valence-corrected chi connectivity index (χ3v) is 17.2. The summed E-state index contributed by atoms with van der Waals surface area (Å²) in [6, 6.07) is 0. The van der Waals surface area contributed by atoms with Gasteiger partial charge in [0.25, 0.3) is 0 Å². The first-order valence-electron chi connectivity index (χ1n) is 29.2. The van der Waals surface area contributed by atoms with Crippen LogP contribution in [0.25, 0.3) is 0 Å². The van der Waals surface area contributed by atoms with E-state index in [1.54, 1.807) is 0 Å². The lowest BCUT2D eigenvalue weighted by molar-refractivity contribution is -0.370. The van der Waals surface area contributed by atoms with Crippen molar-refractivity contribution in [3.05, 3.63) is 0 Å². The molecule has 10 fully saturated rings. The maximum atomic E-state index is 11.1. The van der Waals surface area contributed by atoms with Crippen LogP contribution in [0, 0.1) is 0 Å². The van der Waals surface area contributed by atoms with Crippen LogP contribution in [0.5, 0.6) is 0 Å². The van der Waals surface area contributed by atoms with Crippen molar-refractivity contribution in [1.82, 2.24) is 0 Å². The Kier molecular flexibility index (Phi) is 24.6. The second-order valence-electron chi connectivity index (χ2n) is 23.5. The summed E-state index contributed by atoms with van der Waals surface area (Å²) >= 11 is 0. The largest absolute Gasteiger partial charge is 0.388 e. The quantitative estimate of drug-likeness (QED) is 0.0606. The summed E-state index contributed by atoms with van der Waals surface area (Å²) in [5.74, 6) is 0. The van der Waals surface area contributed by atoms with Crippen molar-refractivity contribution in [3.63, 3.8) is 0 Å². The summed E-state index contributed by atoms with van der Waals surface area (Å²) in [6.07, 6.45) is -66.8. The van der Waals surface area contributed by atoms with Gasteiger partial charge in [-0.3, -0.25) is 0 Å². The van der Waals surface area contributed by atoms with Crippen molar-refractivity contribution in [2.75, 3.05) is 66.1 Å². The molecular weight excluding hydrogens is 1260 g/mol. The first-order valence-corrected chi connectivity index (χ1v) is 29.2. The van der Waals surface area contributed by atoms with Crippen LogP contribution in [0.2, 0.25) is 0 Å². The molecule has 0 aromatic rings. The van der Waals surface area contributed by atoms with Gasteiger partial charge in [-0.15, -0.1) is 0 Å². The van der Waals surface area contributed by atoms with E-state index < -0.39 is 312 Å². The van der Waals surface area contributed by atoms with Crippen LogP contribution < -0.4 is 0 Å². The van der Waals surface area contributed by atoms with Gasteiger partial charge < -0.3 is 202 Å². The lowest BCUT2D eigenvalue weighted by atomic mass is 10.0. The van der Waals surface area contributed by atoms with Crippen LogP contribution in [0.4, 0.5) is 0 Å². The lowest BCUT2D eigenvalue weighted by Gasteiger charge is -2.46. The summed E-state index contributed by atoms with van der Waals surface area (Å²) in [6.45, 7) is -5.01. The summed E-state index contributed by atoms with van der Waals surface area (Å²) in [4.78, 5) is 0. The van der Waals surface area contributed by atoms with Crippen molar-refractivity contribution in [2.24, 2.45) is 0 Å². The number of ether oxygens (including phenoxy) is 19. The Bertz CT molecular complexity index is 2090. The zero-order chi connectivity index (χ0) is 65.6. The number of aliphatic hydroxyl groups excluding tert-OH is 22. The van der Waals surface area contributed by atoms with Crippen molar-refractivity contribution in [2.45, 2.75) is 246 Å². The van der Waals surface area contributed by atoms with Gasteiger partial charge in [-0.25, -0.2) is 0 Å². The van der Waals surface area contributed by atoms with Crippen LogP contribution >= 0.6 is 0 Å². The van der Waals surface area contributed by atoms with Crippen LogP contribution in [0.15, 0.2) is 0 Å². The van der Waals surface area contributed by atoms with E-state index >= 15 is 0 Å². The molecule has 528 valence electrons. The first kappa shape index (κ1) is 72.1. The molecule has 10 rings (SSSR count). The topological polar surface area (TPSA) is 620 Å². The molecule has 10 aliphatic heterocycles. The van der Waals surface area contributed by atoms with Gasteiger partial charge in [0.2, 0.25) is 0 Å². The predicted octanol–water partition coefficient (Wildman–Crippen LogP) is -16.4. The minimum atomic E-state index is -1.94. The van der Waals surface area contributed by atoms with E-state index in [9.17, 15) is 112 Å². The van der Waals surface area contributed by atoms with E-state index in [0.717, 1.165) is 0 Å². The fourth-order valence-electron chi connectivity index (χ4n) is 11.4. The minimum absolute atomic E-state index is 0.397. The molecular formula is C50H82O41. The molecule has 41 heteroatoms. The molecule has 0 aromatic carbocycles. The summed E-state index contributed by atoms with van der Waals surface area (Å²) in [7, 11) is 0. The van der Waals surface area contributed by atoms with E-state index in [-0.39, 0.29) is 0 Å². The highest BCUT2D eigenvalue weighted by Crippen LogP contribution is 2.35. The van der Waals surface area contributed by atoms with Crippen molar-refractivity contribution < 1.29 is 202 Å². The molecule has 10 heterocycles. The maximum Gasteiger partial charge on any atom is 0.186 e. The summed E-state index contributed by atoms with van der Waals surface area (Å²) < 4.78 is 105. The second kappa shape index (κ2) is 31.1. The monoisotopic (exact) mass is 1340 g/mol. The normalized spacial score (nSPS) is 54.7. The molecule has 0 bridgehead atoms. The number of aliphatic hydroxyl groups is 22. The Morgan fingerprint density at radius 1 is 0.154 bits per heavy atom. The zero-order valence-corrected chi connectivity index (χ0v) is 47.8. The molecule has 91 heavy (non-hydrogen) atoms. The highest BCUT2D eigenvalue weighted by molar-refractivity contribution is 4.96. The van der Waals surface area contributed by atoms with Gasteiger partial charge in [-0.05, 0) is 0 Å². The Hall–Kier alpha value is -1.64. The zero-order valence-electron chi connectivity index (χ0n) is 47.8. The predicted molar refractivity (Wildman–Crippen MR) is 270 cm³/mol. The van der Waals surface area contributed by atoms with Gasteiger partial charge in [-0.2, -0.15) is 0 Å². The molecule has 0 aliphatic carbocycles. The molecule has 0 amide bonds. The fraction of sp³-hybridized carbons (Fsp3) is 1.00.